The second kappa shape index (κ2) is 4.22. The summed E-state index contributed by atoms with van der Waals surface area (Å²) in [5.41, 5.74) is 0. The summed E-state index contributed by atoms with van der Waals surface area (Å²) in [4.78, 5) is 12.7. The van der Waals surface area contributed by atoms with Crippen LogP contribution in [0.1, 0.15) is 28.4 Å². The lowest BCUT2D eigenvalue weighted by molar-refractivity contribution is 0.0784. The van der Waals surface area contributed by atoms with Crippen LogP contribution in [-0.2, 0) is 0 Å². The zero-order valence-electron chi connectivity index (χ0n) is 7.50. The van der Waals surface area contributed by atoms with E-state index in [2.05, 4.69) is 11.8 Å². The molecule has 1 atom stereocenters. The van der Waals surface area contributed by atoms with E-state index in [1.54, 1.807) is 19.1 Å². The maximum absolute atomic E-state index is 11.3. The van der Waals surface area contributed by atoms with Crippen LogP contribution in [0.5, 0.6) is 0 Å². The van der Waals surface area contributed by atoms with Crippen molar-refractivity contribution in [2.75, 3.05) is 0 Å². The predicted octanol–water partition coefficient (Wildman–Crippen LogP) is 1.68. The molecule has 13 heavy (non-hydrogen) atoms. The molecule has 68 valence electrons. The van der Waals surface area contributed by atoms with E-state index < -0.39 is 6.10 Å². The molecular formula is C10H10O2S. The van der Waals surface area contributed by atoms with Crippen molar-refractivity contribution in [3.8, 4) is 11.8 Å². The van der Waals surface area contributed by atoms with Crippen LogP contribution >= 0.6 is 11.3 Å². The van der Waals surface area contributed by atoms with Crippen molar-refractivity contribution in [3.63, 3.8) is 0 Å². The molecule has 1 heterocycles. The number of carbonyl (C=O) groups excluding carboxylic acids is 1. The molecular weight excluding hydrogens is 184 g/mol. The molecule has 1 aromatic rings. The molecule has 0 aliphatic heterocycles. The van der Waals surface area contributed by atoms with Crippen LogP contribution < -0.4 is 0 Å². The molecule has 0 radical (unpaired) electrons. The summed E-state index contributed by atoms with van der Waals surface area (Å²) in [6, 6.07) is 3.48. The fourth-order valence-corrected chi connectivity index (χ4v) is 1.80. The molecule has 2 nitrogen and oxygen atoms in total. The lowest BCUT2D eigenvalue weighted by atomic mass is 10.2. The molecule has 1 aromatic heterocycles. The smallest absolute Gasteiger partial charge is 0.200 e. The van der Waals surface area contributed by atoms with E-state index in [0.29, 0.717) is 4.88 Å². The van der Waals surface area contributed by atoms with E-state index in [9.17, 15) is 4.79 Å². The van der Waals surface area contributed by atoms with Gasteiger partial charge in [-0.3, -0.25) is 4.79 Å². The molecule has 0 aromatic carbocycles. The number of aliphatic hydroxyl groups excluding tert-OH is 1. The van der Waals surface area contributed by atoms with Crippen molar-refractivity contribution in [2.45, 2.75) is 20.0 Å². The van der Waals surface area contributed by atoms with E-state index in [4.69, 9.17) is 5.11 Å². The second-order valence-electron chi connectivity index (χ2n) is 2.58. The van der Waals surface area contributed by atoms with Gasteiger partial charge in [0.1, 0.15) is 6.10 Å². The highest BCUT2D eigenvalue weighted by Crippen LogP contribution is 2.17. The lowest BCUT2D eigenvalue weighted by Crippen LogP contribution is -2.14. The highest BCUT2D eigenvalue weighted by molar-refractivity contribution is 7.14. The van der Waals surface area contributed by atoms with E-state index in [1.807, 2.05) is 0 Å². The van der Waals surface area contributed by atoms with E-state index >= 15 is 0 Å². The Balaban J connectivity index is 2.90. The van der Waals surface area contributed by atoms with Crippen molar-refractivity contribution in [1.82, 2.24) is 0 Å². The van der Waals surface area contributed by atoms with Gasteiger partial charge in [-0.05, 0) is 26.0 Å². The third kappa shape index (κ3) is 2.41. The maximum atomic E-state index is 11.3. The predicted molar refractivity (Wildman–Crippen MR) is 52.9 cm³/mol. The Morgan fingerprint density at radius 3 is 2.85 bits per heavy atom. The number of rotatable bonds is 2. The van der Waals surface area contributed by atoms with Gasteiger partial charge in [0.25, 0.3) is 0 Å². The standard InChI is InChI=1S/C10H10O2S/c1-3-4-8-5-6-9(13-8)10(12)7(2)11/h5-7,11H,1-2H3/t7-/m0/s1. The molecule has 1 N–H and O–H groups in total. The van der Waals surface area contributed by atoms with Crippen LogP contribution in [0.2, 0.25) is 0 Å². The normalized spacial score (nSPS) is 11.6. The Morgan fingerprint density at radius 1 is 1.62 bits per heavy atom. The van der Waals surface area contributed by atoms with E-state index in [-0.39, 0.29) is 5.78 Å². The van der Waals surface area contributed by atoms with Gasteiger partial charge in [-0.1, -0.05) is 5.92 Å². The summed E-state index contributed by atoms with van der Waals surface area (Å²) in [6.07, 6.45) is -0.930. The third-order valence-electron chi connectivity index (χ3n) is 1.48. The van der Waals surface area contributed by atoms with Gasteiger partial charge in [0, 0.05) is 0 Å². The summed E-state index contributed by atoms with van der Waals surface area (Å²) < 4.78 is 0. The summed E-state index contributed by atoms with van der Waals surface area (Å²) in [5, 5.41) is 9.03. The molecule has 0 aliphatic carbocycles. The maximum Gasteiger partial charge on any atom is 0.200 e. The summed E-state index contributed by atoms with van der Waals surface area (Å²) in [7, 11) is 0. The minimum absolute atomic E-state index is 0.242. The molecule has 0 fully saturated rings. The average molecular weight is 194 g/mol. The number of ketones is 1. The monoisotopic (exact) mass is 194 g/mol. The van der Waals surface area contributed by atoms with Gasteiger partial charge in [0.15, 0.2) is 0 Å². The molecule has 0 aliphatic rings. The second-order valence-corrected chi connectivity index (χ2v) is 3.66. The fourth-order valence-electron chi connectivity index (χ4n) is 0.867. The Bertz CT molecular complexity index is 366. The number of carbonyl (C=O) groups is 1. The van der Waals surface area contributed by atoms with Crippen molar-refractivity contribution < 1.29 is 9.90 Å². The largest absolute Gasteiger partial charge is 0.385 e. The van der Waals surface area contributed by atoms with Crippen LogP contribution in [-0.4, -0.2) is 17.0 Å². The summed E-state index contributed by atoms with van der Waals surface area (Å²) in [6.45, 7) is 3.21. The Morgan fingerprint density at radius 2 is 2.31 bits per heavy atom. The van der Waals surface area contributed by atoms with Crippen molar-refractivity contribution in [3.05, 3.63) is 21.9 Å². The number of hydrogen-bond donors (Lipinski definition) is 1. The number of thiophene rings is 1. The Hall–Kier alpha value is -1.11. The van der Waals surface area contributed by atoms with Crippen molar-refractivity contribution in [1.29, 1.82) is 0 Å². The molecule has 0 spiro atoms. The van der Waals surface area contributed by atoms with E-state index in [0.717, 1.165) is 4.88 Å². The lowest BCUT2D eigenvalue weighted by Gasteiger charge is -1.97. The van der Waals surface area contributed by atoms with Crippen LogP contribution in [0, 0.1) is 11.8 Å². The summed E-state index contributed by atoms with van der Waals surface area (Å²) >= 11 is 1.31. The van der Waals surface area contributed by atoms with Gasteiger partial charge in [-0.2, -0.15) is 0 Å². The highest BCUT2D eigenvalue weighted by atomic mass is 32.1. The molecule has 1 rings (SSSR count). The molecule has 0 bridgehead atoms. The van der Waals surface area contributed by atoms with Crippen molar-refractivity contribution in [2.24, 2.45) is 0 Å². The Labute approximate surface area is 81.2 Å². The van der Waals surface area contributed by atoms with Crippen LogP contribution in [0.15, 0.2) is 12.1 Å². The van der Waals surface area contributed by atoms with Gasteiger partial charge >= 0.3 is 0 Å². The SMILES string of the molecule is CC#Cc1ccc(C(=O)[C@H](C)O)s1. The minimum atomic E-state index is -0.930. The van der Waals surface area contributed by atoms with Gasteiger partial charge in [0.2, 0.25) is 5.78 Å². The van der Waals surface area contributed by atoms with Gasteiger partial charge in [-0.15, -0.1) is 17.3 Å². The van der Waals surface area contributed by atoms with E-state index in [1.165, 1.54) is 18.3 Å². The first kappa shape index (κ1) is 9.97. The quantitative estimate of drug-likeness (QED) is 0.574. The molecule has 3 heteroatoms. The average Bonchev–Trinajstić information content (AvgIpc) is 2.52. The first-order valence-electron chi connectivity index (χ1n) is 3.90. The van der Waals surface area contributed by atoms with Crippen LogP contribution in [0.25, 0.3) is 0 Å². The number of hydrogen-bond acceptors (Lipinski definition) is 3. The van der Waals surface area contributed by atoms with Gasteiger partial charge in [-0.25, -0.2) is 0 Å². The Kier molecular flexibility index (Phi) is 3.24. The zero-order chi connectivity index (χ0) is 9.84. The number of aliphatic hydroxyl groups is 1. The topological polar surface area (TPSA) is 37.3 Å². The zero-order valence-corrected chi connectivity index (χ0v) is 8.31. The van der Waals surface area contributed by atoms with Gasteiger partial charge in [0.05, 0.1) is 9.75 Å². The first-order chi connectivity index (χ1) is 6.15. The molecule has 0 unspecified atom stereocenters. The molecule has 0 saturated heterocycles. The van der Waals surface area contributed by atoms with Crippen LogP contribution in [0.3, 0.4) is 0 Å². The molecule has 0 saturated carbocycles. The third-order valence-corrected chi connectivity index (χ3v) is 2.49. The summed E-state index contributed by atoms with van der Waals surface area (Å²) in [5.74, 6) is 5.37. The van der Waals surface area contributed by atoms with Gasteiger partial charge < -0.3 is 5.11 Å². The molecule has 0 amide bonds. The number of Topliss-reactive ketones (excluding diaryl/α,β-unsaturated/α-hetero) is 1. The van der Waals surface area contributed by atoms with Crippen LogP contribution in [0.4, 0.5) is 0 Å². The minimum Gasteiger partial charge on any atom is -0.385 e. The van der Waals surface area contributed by atoms with Crippen molar-refractivity contribution >= 4 is 17.1 Å². The first-order valence-corrected chi connectivity index (χ1v) is 4.71. The fraction of sp³-hybridized carbons (Fsp3) is 0.300. The highest BCUT2D eigenvalue weighted by Gasteiger charge is 2.13.